The summed E-state index contributed by atoms with van der Waals surface area (Å²) in [5.41, 5.74) is -0.178. The Morgan fingerprint density at radius 2 is 1.89 bits per heavy atom. The smallest absolute Gasteiger partial charge is 0.303 e. The van der Waals surface area contributed by atoms with Crippen LogP contribution in [-0.4, -0.2) is 35.4 Å². The number of carbonyl (C=O) groups is 3. The third-order valence-electron chi connectivity index (χ3n) is 9.22. The van der Waals surface area contributed by atoms with E-state index in [2.05, 4.69) is 13.8 Å². The van der Waals surface area contributed by atoms with Crippen molar-refractivity contribution in [2.75, 3.05) is 6.61 Å². The first-order valence-electron chi connectivity index (χ1n) is 11.0. The summed E-state index contributed by atoms with van der Waals surface area (Å²) in [5.74, 6) is 1.33. The van der Waals surface area contributed by atoms with Gasteiger partial charge in [-0.15, -0.1) is 0 Å². The van der Waals surface area contributed by atoms with E-state index in [1.165, 1.54) is 6.92 Å². The number of aliphatic hydroxyl groups excluding tert-OH is 1. The maximum Gasteiger partial charge on any atom is 0.303 e. The molecule has 4 aliphatic rings. The molecule has 0 amide bonds. The molecule has 0 spiro atoms. The SMILES string of the molecule is CC(=O)OCC(=O)[C@H]1CC[C@H]2C3CC[C@H]4CC(=O)CC[C@]4(C)[C@H]3C(O)C[C@]12C. The van der Waals surface area contributed by atoms with Crippen LogP contribution in [0.4, 0.5) is 0 Å². The number of rotatable bonds is 3. The fraction of sp³-hybridized carbons (Fsp3) is 0.870. The van der Waals surface area contributed by atoms with E-state index in [1.807, 2.05) is 0 Å². The average molecular weight is 391 g/mol. The van der Waals surface area contributed by atoms with Gasteiger partial charge in [-0.05, 0) is 73.0 Å². The van der Waals surface area contributed by atoms with Gasteiger partial charge in [0, 0.05) is 25.7 Å². The number of fused-ring (bicyclic) bond motifs is 5. The van der Waals surface area contributed by atoms with Gasteiger partial charge >= 0.3 is 5.97 Å². The van der Waals surface area contributed by atoms with Gasteiger partial charge < -0.3 is 9.84 Å². The van der Waals surface area contributed by atoms with Crippen molar-refractivity contribution in [1.29, 1.82) is 0 Å². The highest BCUT2D eigenvalue weighted by Crippen LogP contribution is 2.67. The van der Waals surface area contributed by atoms with Crippen molar-refractivity contribution in [1.82, 2.24) is 0 Å². The Labute approximate surface area is 167 Å². The summed E-state index contributed by atoms with van der Waals surface area (Å²) < 4.78 is 4.99. The number of Topliss-reactive ketones (excluding diaryl/α,β-unsaturated/α-hetero) is 2. The molecular formula is C23H34O5. The molecule has 0 bridgehead atoms. The Morgan fingerprint density at radius 3 is 2.61 bits per heavy atom. The van der Waals surface area contributed by atoms with E-state index in [1.54, 1.807) is 0 Å². The molecule has 0 radical (unpaired) electrons. The Balaban J connectivity index is 1.58. The molecule has 0 heterocycles. The average Bonchev–Trinajstić information content (AvgIpc) is 2.96. The van der Waals surface area contributed by atoms with Crippen LogP contribution < -0.4 is 0 Å². The Morgan fingerprint density at radius 1 is 1.14 bits per heavy atom. The van der Waals surface area contributed by atoms with Crippen LogP contribution in [-0.2, 0) is 19.1 Å². The van der Waals surface area contributed by atoms with Crippen LogP contribution in [0.25, 0.3) is 0 Å². The largest absolute Gasteiger partial charge is 0.458 e. The molecule has 5 heteroatoms. The number of hydrogen-bond donors (Lipinski definition) is 1. The van der Waals surface area contributed by atoms with E-state index in [0.717, 1.165) is 32.1 Å². The van der Waals surface area contributed by atoms with E-state index >= 15 is 0 Å². The van der Waals surface area contributed by atoms with E-state index < -0.39 is 12.1 Å². The molecule has 4 fully saturated rings. The van der Waals surface area contributed by atoms with Crippen molar-refractivity contribution in [3.63, 3.8) is 0 Å². The van der Waals surface area contributed by atoms with Crippen LogP contribution in [0, 0.1) is 40.4 Å². The second-order valence-corrected chi connectivity index (χ2v) is 10.5. The predicted octanol–water partition coefficient (Wildman–Crippen LogP) is 3.32. The van der Waals surface area contributed by atoms with Crippen LogP contribution in [0.1, 0.15) is 72.1 Å². The van der Waals surface area contributed by atoms with Gasteiger partial charge in [0.15, 0.2) is 5.78 Å². The van der Waals surface area contributed by atoms with E-state index in [4.69, 9.17) is 4.74 Å². The number of hydrogen-bond acceptors (Lipinski definition) is 5. The minimum atomic E-state index is -0.422. The van der Waals surface area contributed by atoms with Crippen molar-refractivity contribution >= 4 is 17.5 Å². The lowest BCUT2D eigenvalue weighted by Crippen LogP contribution is -2.59. The summed E-state index contributed by atoms with van der Waals surface area (Å²) in [5, 5.41) is 11.3. The quantitative estimate of drug-likeness (QED) is 0.748. The lowest BCUT2D eigenvalue weighted by Gasteiger charge is -2.61. The van der Waals surface area contributed by atoms with Crippen LogP contribution >= 0.6 is 0 Å². The van der Waals surface area contributed by atoms with Gasteiger partial charge in [-0.25, -0.2) is 0 Å². The van der Waals surface area contributed by atoms with Gasteiger partial charge in [-0.2, -0.15) is 0 Å². The molecule has 0 aliphatic heterocycles. The summed E-state index contributed by atoms with van der Waals surface area (Å²) in [6.45, 7) is 5.67. The van der Waals surface area contributed by atoms with E-state index in [9.17, 15) is 19.5 Å². The van der Waals surface area contributed by atoms with Crippen LogP contribution in [0.15, 0.2) is 0 Å². The minimum absolute atomic E-state index is 0.00834. The van der Waals surface area contributed by atoms with Crippen molar-refractivity contribution in [2.24, 2.45) is 40.4 Å². The summed E-state index contributed by atoms with van der Waals surface area (Å²) in [4.78, 5) is 36.0. The van der Waals surface area contributed by atoms with Crippen LogP contribution in [0.3, 0.4) is 0 Å². The predicted molar refractivity (Wildman–Crippen MR) is 103 cm³/mol. The van der Waals surface area contributed by atoms with Gasteiger partial charge in [0.2, 0.25) is 0 Å². The first-order valence-corrected chi connectivity index (χ1v) is 11.0. The molecule has 4 aliphatic carbocycles. The third kappa shape index (κ3) is 2.96. The van der Waals surface area contributed by atoms with Crippen molar-refractivity contribution in [3.05, 3.63) is 0 Å². The lowest BCUT2D eigenvalue weighted by molar-refractivity contribution is -0.175. The molecule has 156 valence electrons. The highest BCUT2D eigenvalue weighted by atomic mass is 16.5. The first kappa shape index (κ1) is 20.1. The summed E-state index contributed by atoms with van der Waals surface area (Å²) in [6, 6.07) is 0. The molecule has 1 N–H and O–H groups in total. The zero-order valence-corrected chi connectivity index (χ0v) is 17.4. The fourth-order valence-electron chi connectivity index (χ4n) is 7.97. The molecule has 5 nitrogen and oxygen atoms in total. The number of aliphatic hydroxyl groups is 1. The fourth-order valence-corrected chi connectivity index (χ4v) is 7.97. The van der Waals surface area contributed by atoms with Gasteiger partial charge in [0.05, 0.1) is 6.10 Å². The first-order chi connectivity index (χ1) is 13.2. The molecule has 0 aromatic heterocycles. The number of carbonyl (C=O) groups excluding carboxylic acids is 3. The molecular weight excluding hydrogens is 356 g/mol. The minimum Gasteiger partial charge on any atom is -0.458 e. The van der Waals surface area contributed by atoms with Gasteiger partial charge in [0.25, 0.3) is 0 Å². The molecule has 8 atom stereocenters. The van der Waals surface area contributed by atoms with Crippen LogP contribution in [0.2, 0.25) is 0 Å². The third-order valence-corrected chi connectivity index (χ3v) is 9.22. The molecule has 0 aromatic rings. The number of ketones is 2. The van der Waals surface area contributed by atoms with Crippen molar-refractivity contribution < 1.29 is 24.2 Å². The zero-order valence-electron chi connectivity index (χ0n) is 17.4. The zero-order chi connectivity index (χ0) is 20.3. The van der Waals surface area contributed by atoms with Gasteiger partial charge in [-0.1, -0.05) is 13.8 Å². The van der Waals surface area contributed by atoms with E-state index in [-0.39, 0.29) is 35.1 Å². The number of ether oxygens (including phenoxy) is 1. The highest BCUT2D eigenvalue weighted by molar-refractivity contribution is 5.85. The van der Waals surface area contributed by atoms with Crippen molar-refractivity contribution in [3.8, 4) is 0 Å². The normalized spacial score (nSPS) is 47.6. The summed E-state index contributed by atoms with van der Waals surface area (Å²) in [7, 11) is 0. The molecule has 0 saturated heterocycles. The molecule has 0 aromatic carbocycles. The topological polar surface area (TPSA) is 80.7 Å². The highest BCUT2D eigenvalue weighted by Gasteiger charge is 2.63. The van der Waals surface area contributed by atoms with Crippen LogP contribution in [0.5, 0.6) is 0 Å². The Hall–Kier alpha value is -1.23. The monoisotopic (exact) mass is 390 g/mol. The van der Waals surface area contributed by atoms with Gasteiger partial charge in [-0.3, -0.25) is 14.4 Å². The molecule has 4 rings (SSSR count). The maximum atomic E-state index is 12.8. The molecule has 2 unspecified atom stereocenters. The number of esters is 1. The lowest BCUT2D eigenvalue weighted by atomic mass is 9.44. The molecule has 28 heavy (non-hydrogen) atoms. The Kier molecular flexibility index (Phi) is 4.96. The van der Waals surface area contributed by atoms with Gasteiger partial charge in [0.1, 0.15) is 12.4 Å². The standard InChI is InChI=1S/C23H34O5/c1-13(24)28-12-20(27)18-7-6-17-16-5-4-14-10-15(25)8-9-22(14,2)21(16)19(26)11-23(17,18)3/h14,16-19,21,26H,4-12H2,1-3H3/t14-,16?,17-,18+,19?,21+,22-,23-/m0/s1. The Bertz CT molecular complexity index is 686. The summed E-state index contributed by atoms with van der Waals surface area (Å²) in [6.07, 6.45) is 6.41. The van der Waals surface area contributed by atoms with E-state index in [0.29, 0.717) is 42.8 Å². The second-order valence-electron chi connectivity index (χ2n) is 10.5. The maximum absolute atomic E-state index is 12.8. The second kappa shape index (κ2) is 6.93. The van der Waals surface area contributed by atoms with Crippen molar-refractivity contribution in [2.45, 2.75) is 78.2 Å². The molecule has 4 saturated carbocycles. The summed E-state index contributed by atoms with van der Waals surface area (Å²) >= 11 is 0.